The molecular weight excluding hydrogens is 232 g/mol. The van der Waals surface area contributed by atoms with Crippen LogP contribution in [-0.4, -0.2) is 21.6 Å². The van der Waals surface area contributed by atoms with E-state index in [4.69, 9.17) is 16.9 Å². The van der Waals surface area contributed by atoms with E-state index in [1.54, 1.807) is 36.5 Å². The Bertz CT molecular complexity index is 603. The van der Waals surface area contributed by atoms with E-state index in [0.29, 0.717) is 17.1 Å². The summed E-state index contributed by atoms with van der Waals surface area (Å²) in [6.45, 7) is 0. The number of hydrogen-bond acceptors (Lipinski definition) is 4. The van der Waals surface area contributed by atoms with Crippen LogP contribution in [0.3, 0.4) is 0 Å². The smallest absolute Gasteiger partial charge is 0.258 e. The summed E-state index contributed by atoms with van der Waals surface area (Å²) in [4.78, 5) is 11.7. The minimum absolute atomic E-state index is 0.373. The zero-order valence-electron chi connectivity index (χ0n) is 9.42. The van der Waals surface area contributed by atoms with E-state index < -0.39 is 11.9 Å². The molecule has 2 aromatic rings. The Balaban J connectivity index is 2.34. The van der Waals surface area contributed by atoms with Crippen molar-refractivity contribution in [3.05, 3.63) is 42.1 Å². The number of nitrogens with zero attached hydrogens (tertiary/aromatic N) is 2. The molecule has 0 saturated carbocycles. The normalized spacial score (nSPS) is 10.0. The Kier molecular flexibility index (Phi) is 2.96. The summed E-state index contributed by atoms with van der Waals surface area (Å²) in [5, 5.41) is 13.3. The summed E-state index contributed by atoms with van der Waals surface area (Å²) in [6.07, 6.45) is 1.57. The van der Waals surface area contributed by atoms with Gasteiger partial charge in [-0.15, -0.1) is 0 Å². The number of carbonyl (C=O) groups is 1. The molecule has 6 N–H and O–H groups in total. The summed E-state index contributed by atoms with van der Waals surface area (Å²) in [7, 11) is 0. The van der Waals surface area contributed by atoms with E-state index in [2.05, 4.69) is 10.4 Å². The summed E-state index contributed by atoms with van der Waals surface area (Å²) in [5.74, 6) is -0.377. The predicted molar refractivity (Wildman–Crippen MR) is 67.4 cm³/mol. The molecular formula is C11H12N6O. The van der Waals surface area contributed by atoms with Crippen LogP contribution in [0.2, 0.25) is 0 Å². The standard InChI is InChI=1S/C11H12N6O/c12-9-4-5-15-17(9)8-3-1-2-7(6-8)10(18)16-11(13)14/h1-6H,12H2,(H4,13,14,16,18). The van der Waals surface area contributed by atoms with Crippen molar-refractivity contribution < 1.29 is 4.79 Å². The van der Waals surface area contributed by atoms with E-state index in [1.165, 1.54) is 4.68 Å². The molecule has 1 aromatic carbocycles. The molecule has 0 saturated heterocycles. The number of nitrogens with two attached hydrogens (primary N) is 2. The maximum atomic E-state index is 11.7. The fourth-order valence-electron chi connectivity index (χ4n) is 1.50. The minimum Gasteiger partial charge on any atom is -0.384 e. The van der Waals surface area contributed by atoms with Crippen molar-refractivity contribution in [3.8, 4) is 5.69 Å². The molecule has 1 aromatic heterocycles. The molecule has 7 heteroatoms. The van der Waals surface area contributed by atoms with Gasteiger partial charge in [0.25, 0.3) is 5.91 Å². The largest absolute Gasteiger partial charge is 0.384 e. The van der Waals surface area contributed by atoms with Crippen molar-refractivity contribution in [1.82, 2.24) is 15.1 Å². The van der Waals surface area contributed by atoms with Crippen molar-refractivity contribution in [2.45, 2.75) is 0 Å². The lowest BCUT2D eigenvalue weighted by Gasteiger charge is -2.07. The van der Waals surface area contributed by atoms with Gasteiger partial charge < -0.3 is 11.5 Å². The fraction of sp³-hybridized carbons (Fsp3) is 0. The number of carbonyl (C=O) groups excluding carboxylic acids is 1. The molecule has 0 aliphatic heterocycles. The monoisotopic (exact) mass is 244 g/mol. The number of rotatable bonds is 2. The molecule has 0 fully saturated rings. The second kappa shape index (κ2) is 4.58. The SMILES string of the molecule is N=C(N)NC(=O)c1cccc(-n2nccc2N)c1. The fourth-order valence-corrected chi connectivity index (χ4v) is 1.50. The number of aromatic nitrogens is 2. The van der Waals surface area contributed by atoms with Gasteiger partial charge in [0, 0.05) is 11.6 Å². The molecule has 0 spiro atoms. The van der Waals surface area contributed by atoms with Crippen LogP contribution in [0.1, 0.15) is 10.4 Å². The van der Waals surface area contributed by atoms with Crippen molar-refractivity contribution in [2.75, 3.05) is 5.73 Å². The quantitative estimate of drug-likeness (QED) is 0.441. The van der Waals surface area contributed by atoms with E-state index in [9.17, 15) is 4.79 Å². The van der Waals surface area contributed by atoms with Crippen molar-refractivity contribution in [1.29, 1.82) is 5.41 Å². The summed E-state index contributed by atoms with van der Waals surface area (Å²) < 4.78 is 1.50. The second-order valence-corrected chi connectivity index (χ2v) is 3.59. The second-order valence-electron chi connectivity index (χ2n) is 3.59. The van der Waals surface area contributed by atoms with Crippen LogP contribution in [0.4, 0.5) is 5.82 Å². The molecule has 0 atom stereocenters. The van der Waals surface area contributed by atoms with Crippen LogP contribution in [0.15, 0.2) is 36.5 Å². The summed E-state index contributed by atoms with van der Waals surface area (Å²) in [5.41, 5.74) is 11.9. The lowest BCUT2D eigenvalue weighted by atomic mass is 10.2. The van der Waals surface area contributed by atoms with Crippen LogP contribution in [0.25, 0.3) is 5.69 Å². The Morgan fingerprint density at radius 3 is 2.78 bits per heavy atom. The van der Waals surface area contributed by atoms with Crippen LogP contribution in [-0.2, 0) is 0 Å². The third kappa shape index (κ3) is 2.29. The van der Waals surface area contributed by atoms with Gasteiger partial charge in [0.15, 0.2) is 5.96 Å². The molecule has 18 heavy (non-hydrogen) atoms. The number of nitrogen functional groups attached to an aromatic ring is 1. The van der Waals surface area contributed by atoms with Crippen molar-refractivity contribution in [3.63, 3.8) is 0 Å². The number of benzene rings is 1. The van der Waals surface area contributed by atoms with Gasteiger partial charge in [0.2, 0.25) is 0 Å². The molecule has 1 heterocycles. The number of guanidine groups is 1. The number of amides is 1. The van der Waals surface area contributed by atoms with E-state index in [-0.39, 0.29) is 0 Å². The average molecular weight is 244 g/mol. The Morgan fingerprint density at radius 1 is 1.39 bits per heavy atom. The zero-order valence-corrected chi connectivity index (χ0v) is 9.42. The highest BCUT2D eigenvalue weighted by Gasteiger charge is 2.08. The van der Waals surface area contributed by atoms with Crippen LogP contribution in [0, 0.1) is 5.41 Å². The minimum atomic E-state index is -0.449. The average Bonchev–Trinajstić information content (AvgIpc) is 2.75. The first-order valence-electron chi connectivity index (χ1n) is 5.13. The van der Waals surface area contributed by atoms with Gasteiger partial charge in [-0.1, -0.05) is 6.07 Å². The first kappa shape index (κ1) is 11.6. The van der Waals surface area contributed by atoms with E-state index >= 15 is 0 Å². The lowest BCUT2D eigenvalue weighted by molar-refractivity contribution is 0.0976. The van der Waals surface area contributed by atoms with Gasteiger partial charge in [-0.25, -0.2) is 4.68 Å². The van der Waals surface area contributed by atoms with E-state index in [1.807, 2.05) is 0 Å². The third-order valence-electron chi connectivity index (χ3n) is 2.27. The Labute approximate surface area is 103 Å². The van der Waals surface area contributed by atoms with Crippen LogP contribution in [0.5, 0.6) is 0 Å². The summed E-state index contributed by atoms with van der Waals surface area (Å²) in [6, 6.07) is 8.35. The van der Waals surface area contributed by atoms with Gasteiger partial charge in [-0.3, -0.25) is 15.5 Å². The van der Waals surface area contributed by atoms with Crippen LogP contribution >= 0.6 is 0 Å². The molecule has 7 nitrogen and oxygen atoms in total. The molecule has 1 amide bonds. The molecule has 2 rings (SSSR count). The van der Waals surface area contributed by atoms with Crippen LogP contribution < -0.4 is 16.8 Å². The number of nitrogens with one attached hydrogen (secondary N) is 2. The van der Waals surface area contributed by atoms with Gasteiger partial charge in [0.05, 0.1) is 11.9 Å². The molecule has 0 aliphatic carbocycles. The lowest BCUT2D eigenvalue weighted by Crippen LogP contribution is -2.35. The third-order valence-corrected chi connectivity index (χ3v) is 2.27. The van der Waals surface area contributed by atoms with Gasteiger partial charge in [0.1, 0.15) is 5.82 Å². The maximum Gasteiger partial charge on any atom is 0.258 e. The Morgan fingerprint density at radius 2 is 2.17 bits per heavy atom. The molecule has 0 unspecified atom stereocenters. The van der Waals surface area contributed by atoms with Gasteiger partial charge in [-0.05, 0) is 18.2 Å². The predicted octanol–water partition coefficient (Wildman–Crippen LogP) is 0.0778. The molecule has 92 valence electrons. The number of hydrogen-bond donors (Lipinski definition) is 4. The highest BCUT2D eigenvalue weighted by molar-refractivity contribution is 6.04. The highest BCUT2D eigenvalue weighted by Crippen LogP contribution is 2.13. The first-order valence-corrected chi connectivity index (χ1v) is 5.13. The summed E-state index contributed by atoms with van der Waals surface area (Å²) >= 11 is 0. The van der Waals surface area contributed by atoms with Gasteiger partial charge >= 0.3 is 0 Å². The first-order chi connectivity index (χ1) is 8.58. The topological polar surface area (TPSA) is 123 Å². The molecule has 0 radical (unpaired) electrons. The molecule has 0 bridgehead atoms. The van der Waals surface area contributed by atoms with Gasteiger partial charge in [-0.2, -0.15) is 5.10 Å². The van der Waals surface area contributed by atoms with Crippen molar-refractivity contribution >= 4 is 17.7 Å². The van der Waals surface area contributed by atoms with E-state index in [0.717, 1.165) is 0 Å². The van der Waals surface area contributed by atoms with Crippen molar-refractivity contribution in [2.24, 2.45) is 5.73 Å². The molecule has 0 aliphatic rings. The number of anilines is 1. The highest BCUT2D eigenvalue weighted by atomic mass is 16.1. The zero-order chi connectivity index (χ0) is 13.1. The maximum absolute atomic E-state index is 11.7. The Hall–Kier alpha value is -2.83.